The molecular weight excluding hydrogens is 188 g/mol. The number of hydrogen-bond acceptors (Lipinski definition) is 3. The van der Waals surface area contributed by atoms with Crippen LogP contribution in [0.2, 0.25) is 5.15 Å². The maximum Gasteiger partial charge on any atom is 0.165 e. The monoisotopic (exact) mass is 194 g/mol. The lowest BCUT2D eigenvalue weighted by Gasteiger charge is -1.95. The normalized spacial score (nSPS) is 16.7. The summed E-state index contributed by atoms with van der Waals surface area (Å²) in [4.78, 5) is 4.00. The van der Waals surface area contributed by atoms with Crippen molar-refractivity contribution in [2.75, 3.05) is 0 Å². The molecule has 0 amide bonds. The third-order valence-corrected chi connectivity index (χ3v) is 2.44. The fourth-order valence-electron chi connectivity index (χ4n) is 1.41. The van der Waals surface area contributed by atoms with Crippen LogP contribution in [0.15, 0.2) is 12.4 Å². The van der Waals surface area contributed by atoms with Crippen molar-refractivity contribution >= 4 is 17.2 Å². The van der Waals surface area contributed by atoms with Gasteiger partial charge in [-0.1, -0.05) is 11.6 Å². The molecule has 66 valence electrons. The van der Waals surface area contributed by atoms with Crippen molar-refractivity contribution in [3.8, 4) is 0 Å². The summed E-state index contributed by atoms with van der Waals surface area (Å²) in [5, 5.41) is 8.60. The molecule has 0 N–H and O–H groups in total. The maximum absolute atomic E-state index is 5.73. The summed E-state index contributed by atoms with van der Waals surface area (Å²) in [6.07, 6.45) is 4.11. The van der Waals surface area contributed by atoms with Gasteiger partial charge in [0.05, 0.1) is 0 Å². The average molecular weight is 195 g/mol. The molecule has 5 heteroatoms. The van der Waals surface area contributed by atoms with Crippen molar-refractivity contribution in [2.45, 2.75) is 18.8 Å². The second-order valence-corrected chi connectivity index (χ2v) is 3.66. The second-order valence-electron chi connectivity index (χ2n) is 3.27. The van der Waals surface area contributed by atoms with Crippen LogP contribution in [0.1, 0.15) is 24.6 Å². The molecular formula is C8H7ClN4. The number of fused-ring (bicyclic) bond motifs is 1. The number of halogens is 1. The number of nitrogens with zero attached hydrogens (tertiary/aromatic N) is 4. The molecule has 0 atom stereocenters. The molecule has 0 unspecified atom stereocenters. The van der Waals surface area contributed by atoms with Crippen molar-refractivity contribution in [1.29, 1.82) is 0 Å². The van der Waals surface area contributed by atoms with Gasteiger partial charge >= 0.3 is 0 Å². The van der Waals surface area contributed by atoms with E-state index in [-0.39, 0.29) is 0 Å². The van der Waals surface area contributed by atoms with Gasteiger partial charge < -0.3 is 0 Å². The number of aromatic nitrogens is 4. The molecule has 1 fully saturated rings. The summed E-state index contributed by atoms with van der Waals surface area (Å²) in [5.74, 6) is 1.59. The molecule has 13 heavy (non-hydrogen) atoms. The largest absolute Gasteiger partial charge is 0.269 e. The molecule has 3 rings (SSSR count). The van der Waals surface area contributed by atoms with Crippen LogP contribution < -0.4 is 0 Å². The Morgan fingerprint density at radius 1 is 1.38 bits per heavy atom. The molecule has 0 spiro atoms. The smallest absolute Gasteiger partial charge is 0.165 e. The van der Waals surface area contributed by atoms with Gasteiger partial charge in [0.15, 0.2) is 5.65 Å². The fourth-order valence-corrected chi connectivity index (χ4v) is 1.55. The van der Waals surface area contributed by atoms with Crippen LogP contribution in [0, 0.1) is 0 Å². The standard InChI is InChI=1S/C8H7ClN4/c9-6-3-7-11-12-8(5-1-2-5)13(7)4-10-6/h3-5H,1-2H2. The van der Waals surface area contributed by atoms with Gasteiger partial charge in [-0.3, -0.25) is 4.40 Å². The van der Waals surface area contributed by atoms with Crippen LogP contribution in [-0.2, 0) is 0 Å². The van der Waals surface area contributed by atoms with E-state index in [2.05, 4.69) is 15.2 Å². The van der Waals surface area contributed by atoms with Crippen LogP contribution in [0.4, 0.5) is 0 Å². The SMILES string of the molecule is Clc1cc2nnc(C3CC3)n2cn1. The summed E-state index contributed by atoms with van der Waals surface area (Å²) in [6.45, 7) is 0. The van der Waals surface area contributed by atoms with Crippen molar-refractivity contribution in [3.63, 3.8) is 0 Å². The Balaban J connectivity index is 2.26. The summed E-state index contributed by atoms with van der Waals surface area (Å²) < 4.78 is 1.91. The van der Waals surface area contributed by atoms with E-state index in [9.17, 15) is 0 Å². The third-order valence-electron chi connectivity index (χ3n) is 2.24. The number of rotatable bonds is 1. The highest BCUT2D eigenvalue weighted by molar-refractivity contribution is 6.29. The Morgan fingerprint density at radius 3 is 3.00 bits per heavy atom. The molecule has 2 heterocycles. The first kappa shape index (κ1) is 7.26. The van der Waals surface area contributed by atoms with E-state index < -0.39 is 0 Å². The Labute approximate surface area is 79.6 Å². The van der Waals surface area contributed by atoms with Crippen LogP contribution in [0.25, 0.3) is 5.65 Å². The van der Waals surface area contributed by atoms with Gasteiger partial charge in [-0.15, -0.1) is 10.2 Å². The predicted molar refractivity (Wildman–Crippen MR) is 47.8 cm³/mol. The molecule has 0 saturated heterocycles. The molecule has 0 aromatic carbocycles. The van der Waals surface area contributed by atoms with E-state index in [1.54, 1.807) is 12.4 Å². The summed E-state index contributed by atoms with van der Waals surface area (Å²) in [6, 6.07) is 1.72. The highest BCUT2D eigenvalue weighted by atomic mass is 35.5. The van der Waals surface area contributed by atoms with Gasteiger partial charge in [-0.25, -0.2) is 4.98 Å². The minimum absolute atomic E-state index is 0.460. The summed E-state index contributed by atoms with van der Waals surface area (Å²) >= 11 is 5.73. The molecule has 1 saturated carbocycles. The lowest BCUT2D eigenvalue weighted by atomic mass is 10.4. The van der Waals surface area contributed by atoms with Gasteiger partial charge in [0.2, 0.25) is 0 Å². The molecule has 0 aliphatic heterocycles. The van der Waals surface area contributed by atoms with Crippen molar-refractivity contribution in [1.82, 2.24) is 19.6 Å². The van der Waals surface area contributed by atoms with Gasteiger partial charge in [0.25, 0.3) is 0 Å². The second kappa shape index (κ2) is 2.42. The lowest BCUT2D eigenvalue weighted by Crippen LogP contribution is -1.92. The topological polar surface area (TPSA) is 43.1 Å². The van der Waals surface area contributed by atoms with Crippen LogP contribution in [0.5, 0.6) is 0 Å². The predicted octanol–water partition coefficient (Wildman–Crippen LogP) is 1.66. The third kappa shape index (κ3) is 1.09. The summed E-state index contributed by atoms with van der Waals surface area (Å²) in [7, 11) is 0. The van der Waals surface area contributed by atoms with Crippen LogP contribution >= 0.6 is 11.6 Å². The molecule has 4 nitrogen and oxygen atoms in total. The van der Waals surface area contributed by atoms with Gasteiger partial charge in [0, 0.05) is 12.0 Å². The van der Waals surface area contributed by atoms with E-state index in [0.29, 0.717) is 11.1 Å². The molecule has 0 bridgehead atoms. The van der Waals surface area contributed by atoms with E-state index in [0.717, 1.165) is 11.5 Å². The number of hydrogen-bond donors (Lipinski definition) is 0. The van der Waals surface area contributed by atoms with Crippen molar-refractivity contribution in [2.24, 2.45) is 0 Å². The highest BCUT2D eigenvalue weighted by Gasteiger charge is 2.28. The molecule has 2 aromatic heterocycles. The fraction of sp³-hybridized carbons (Fsp3) is 0.375. The zero-order valence-corrected chi connectivity index (χ0v) is 7.57. The minimum atomic E-state index is 0.460. The molecule has 1 aliphatic rings. The maximum atomic E-state index is 5.73. The molecule has 0 radical (unpaired) electrons. The lowest BCUT2D eigenvalue weighted by molar-refractivity contribution is 0.885. The average Bonchev–Trinajstić information content (AvgIpc) is 2.87. The molecule has 1 aliphatic carbocycles. The van der Waals surface area contributed by atoms with E-state index in [1.165, 1.54) is 12.8 Å². The van der Waals surface area contributed by atoms with Crippen molar-refractivity contribution in [3.05, 3.63) is 23.4 Å². The zero-order chi connectivity index (χ0) is 8.84. The van der Waals surface area contributed by atoms with E-state index in [1.807, 2.05) is 4.40 Å². The quantitative estimate of drug-likeness (QED) is 0.649. The first-order valence-corrected chi connectivity index (χ1v) is 4.58. The van der Waals surface area contributed by atoms with Gasteiger partial charge in [0.1, 0.15) is 17.3 Å². The van der Waals surface area contributed by atoms with Gasteiger partial charge in [-0.2, -0.15) is 0 Å². The summed E-state index contributed by atoms with van der Waals surface area (Å²) in [5.41, 5.74) is 0.780. The minimum Gasteiger partial charge on any atom is -0.269 e. The first-order valence-electron chi connectivity index (χ1n) is 4.21. The molecule has 2 aromatic rings. The highest BCUT2D eigenvalue weighted by Crippen LogP contribution is 2.38. The Bertz CT molecular complexity index is 460. The van der Waals surface area contributed by atoms with E-state index >= 15 is 0 Å². The Kier molecular flexibility index (Phi) is 1.35. The van der Waals surface area contributed by atoms with Crippen LogP contribution in [0.3, 0.4) is 0 Å². The zero-order valence-electron chi connectivity index (χ0n) is 6.81. The Hall–Kier alpha value is -1.16. The van der Waals surface area contributed by atoms with Gasteiger partial charge in [-0.05, 0) is 12.8 Å². The van der Waals surface area contributed by atoms with E-state index in [4.69, 9.17) is 11.6 Å². The first-order chi connectivity index (χ1) is 6.34. The van der Waals surface area contributed by atoms with Crippen LogP contribution in [-0.4, -0.2) is 19.6 Å². The van der Waals surface area contributed by atoms with Crippen molar-refractivity contribution < 1.29 is 0 Å². The Morgan fingerprint density at radius 2 is 2.23 bits per heavy atom.